The number of ketones is 1. The zero-order valence-corrected chi connectivity index (χ0v) is 21.4. The van der Waals surface area contributed by atoms with Crippen LogP contribution in [0.25, 0.3) is 11.1 Å². The second-order valence-electron chi connectivity index (χ2n) is 8.35. The monoisotopic (exact) mass is 559 g/mol. The minimum Gasteiger partial charge on any atom is -0.483 e. The van der Waals surface area contributed by atoms with Crippen LogP contribution < -0.4 is 4.74 Å². The van der Waals surface area contributed by atoms with E-state index in [1.165, 1.54) is 31.2 Å². The van der Waals surface area contributed by atoms with Crippen molar-refractivity contribution in [1.82, 2.24) is 4.90 Å². The van der Waals surface area contributed by atoms with Gasteiger partial charge in [-0.2, -0.15) is 0 Å². The minimum atomic E-state index is -4.18. The van der Waals surface area contributed by atoms with Crippen molar-refractivity contribution in [2.24, 2.45) is 0 Å². The summed E-state index contributed by atoms with van der Waals surface area (Å²) in [5.41, 5.74) is 1.65. The SMILES string of the molecule is CC(=O)COc1c(Br)cc(C(=O)N2CCC2)cc1S(=O)(=O)Cc1cc(-c2ccccc2)ccc1F. The van der Waals surface area contributed by atoms with Gasteiger partial charge in [-0.1, -0.05) is 36.4 Å². The standard InChI is InChI=1S/C26H23BrFNO5S/c1-17(30)15-34-25-22(27)13-20(26(31)29-10-5-11-29)14-24(25)35(32,33)16-21-12-19(8-9-23(21)28)18-6-3-2-4-7-18/h2-4,6-9,12-14H,5,10-11,15-16H2,1H3. The minimum absolute atomic E-state index is 0.0144. The second kappa shape index (κ2) is 10.3. The van der Waals surface area contributed by atoms with Gasteiger partial charge in [0.05, 0.1) is 10.2 Å². The van der Waals surface area contributed by atoms with E-state index in [-0.39, 0.29) is 44.5 Å². The molecule has 9 heteroatoms. The Kier molecular flexibility index (Phi) is 7.37. The Hall–Kier alpha value is -3.04. The number of halogens is 2. The first-order chi connectivity index (χ1) is 16.7. The number of hydrogen-bond acceptors (Lipinski definition) is 5. The number of nitrogens with zero attached hydrogens (tertiary/aromatic N) is 1. The summed E-state index contributed by atoms with van der Waals surface area (Å²) >= 11 is 3.29. The van der Waals surface area contributed by atoms with Gasteiger partial charge in [0.15, 0.2) is 21.4 Å². The van der Waals surface area contributed by atoms with Crippen molar-refractivity contribution < 1.29 is 27.1 Å². The molecule has 3 aromatic carbocycles. The van der Waals surface area contributed by atoms with Crippen molar-refractivity contribution in [3.05, 3.63) is 82.1 Å². The van der Waals surface area contributed by atoms with Crippen LogP contribution in [0.2, 0.25) is 0 Å². The first-order valence-corrected chi connectivity index (χ1v) is 13.4. The fourth-order valence-electron chi connectivity index (χ4n) is 3.72. The molecule has 0 spiro atoms. The van der Waals surface area contributed by atoms with E-state index in [1.54, 1.807) is 11.0 Å². The predicted molar refractivity (Wildman–Crippen MR) is 134 cm³/mol. The molecule has 3 aromatic rings. The Balaban J connectivity index is 1.76. The maximum absolute atomic E-state index is 14.7. The van der Waals surface area contributed by atoms with E-state index in [9.17, 15) is 22.4 Å². The van der Waals surface area contributed by atoms with E-state index in [0.29, 0.717) is 18.7 Å². The van der Waals surface area contributed by atoms with Crippen LogP contribution in [0.15, 0.2) is 70.0 Å². The van der Waals surface area contributed by atoms with E-state index in [4.69, 9.17) is 4.74 Å². The summed E-state index contributed by atoms with van der Waals surface area (Å²) in [6, 6.07) is 16.3. The maximum atomic E-state index is 14.7. The number of carbonyl (C=O) groups is 2. The number of Topliss-reactive ketones (excluding diaryl/α,β-unsaturated/α-hetero) is 1. The number of ether oxygens (including phenoxy) is 1. The molecule has 1 amide bonds. The van der Waals surface area contributed by atoms with Crippen molar-refractivity contribution in [3.8, 4) is 16.9 Å². The first kappa shape index (κ1) is 25.1. The molecule has 1 saturated heterocycles. The highest BCUT2D eigenvalue weighted by molar-refractivity contribution is 9.10. The van der Waals surface area contributed by atoms with Crippen molar-refractivity contribution in [2.75, 3.05) is 19.7 Å². The molecule has 0 aliphatic carbocycles. The maximum Gasteiger partial charge on any atom is 0.253 e. The molecule has 0 atom stereocenters. The van der Waals surface area contributed by atoms with E-state index < -0.39 is 21.4 Å². The van der Waals surface area contributed by atoms with Crippen molar-refractivity contribution in [2.45, 2.75) is 24.0 Å². The third-order valence-corrected chi connectivity index (χ3v) is 7.91. The molecule has 1 heterocycles. The van der Waals surface area contributed by atoms with Crippen LogP contribution in [0.1, 0.15) is 29.3 Å². The summed E-state index contributed by atoms with van der Waals surface area (Å²) in [4.78, 5) is 25.6. The van der Waals surface area contributed by atoms with Crippen molar-refractivity contribution in [1.29, 1.82) is 0 Å². The third kappa shape index (κ3) is 5.62. The van der Waals surface area contributed by atoms with Gasteiger partial charge in [-0.15, -0.1) is 0 Å². The lowest BCUT2D eigenvalue weighted by Gasteiger charge is -2.31. The quantitative estimate of drug-likeness (QED) is 0.386. The normalized spacial score (nSPS) is 13.3. The molecule has 6 nitrogen and oxygen atoms in total. The molecule has 35 heavy (non-hydrogen) atoms. The Morgan fingerprint density at radius 2 is 1.74 bits per heavy atom. The molecular formula is C26H23BrFNO5S. The molecular weight excluding hydrogens is 537 g/mol. The van der Waals surface area contributed by atoms with Gasteiger partial charge >= 0.3 is 0 Å². The zero-order valence-electron chi connectivity index (χ0n) is 19.0. The van der Waals surface area contributed by atoms with Crippen molar-refractivity contribution in [3.63, 3.8) is 0 Å². The van der Waals surface area contributed by atoms with E-state index in [1.807, 2.05) is 30.3 Å². The second-order valence-corrected chi connectivity index (χ2v) is 11.2. The first-order valence-electron chi connectivity index (χ1n) is 11.0. The van der Waals surface area contributed by atoms with Crippen LogP contribution in [0, 0.1) is 5.82 Å². The predicted octanol–water partition coefficient (Wildman–Crippen LogP) is 5.04. The summed E-state index contributed by atoms with van der Waals surface area (Å²) < 4.78 is 47.6. The van der Waals surface area contributed by atoms with E-state index >= 15 is 0 Å². The Morgan fingerprint density at radius 3 is 2.37 bits per heavy atom. The highest BCUT2D eigenvalue weighted by Gasteiger charge is 2.29. The van der Waals surface area contributed by atoms with Crippen LogP contribution in [-0.2, 0) is 20.4 Å². The summed E-state index contributed by atoms with van der Waals surface area (Å²) in [6.07, 6.45) is 0.884. The molecule has 4 rings (SSSR count). The van der Waals surface area contributed by atoms with Crippen LogP contribution >= 0.6 is 15.9 Å². The highest BCUT2D eigenvalue weighted by Crippen LogP contribution is 2.37. The summed E-state index contributed by atoms with van der Waals surface area (Å²) in [7, 11) is -4.18. The van der Waals surface area contributed by atoms with Gasteiger partial charge in [0.2, 0.25) is 0 Å². The Bertz CT molecular complexity index is 1390. The Morgan fingerprint density at radius 1 is 1.03 bits per heavy atom. The summed E-state index contributed by atoms with van der Waals surface area (Å²) in [5.74, 6) is -2.00. The van der Waals surface area contributed by atoms with Gasteiger partial charge in [-0.05, 0) is 64.7 Å². The van der Waals surface area contributed by atoms with Gasteiger partial charge in [0.1, 0.15) is 17.3 Å². The van der Waals surface area contributed by atoms with Crippen LogP contribution in [0.3, 0.4) is 0 Å². The number of benzene rings is 3. The molecule has 0 unspecified atom stereocenters. The van der Waals surface area contributed by atoms with Gasteiger partial charge in [0.25, 0.3) is 5.91 Å². The molecule has 1 fully saturated rings. The van der Waals surface area contributed by atoms with Gasteiger partial charge in [0, 0.05) is 24.2 Å². The van der Waals surface area contributed by atoms with Crippen LogP contribution in [0.4, 0.5) is 4.39 Å². The van der Waals surface area contributed by atoms with Crippen LogP contribution in [-0.4, -0.2) is 44.7 Å². The molecule has 0 saturated carbocycles. The number of hydrogen-bond donors (Lipinski definition) is 0. The number of amides is 1. The number of carbonyl (C=O) groups excluding carboxylic acids is 2. The molecule has 1 aliphatic heterocycles. The highest BCUT2D eigenvalue weighted by atomic mass is 79.9. The van der Waals surface area contributed by atoms with Crippen LogP contribution in [0.5, 0.6) is 5.75 Å². The Labute approximate surface area is 211 Å². The largest absolute Gasteiger partial charge is 0.483 e. The van der Waals surface area contributed by atoms with Crippen molar-refractivity contribution >= 4 is 37.5 Å². The molecule has 0 aromatic heterocycles. The van der Waals surface area contributed by atoms with Gasteiger partial charge in [-0.3, -0.25) is 9.59 Å². The van der Waals surface area contributed by atoms with E-state index in [0.717, 1.165) is 12.0 Å². The molecule has 0 radical (unpaired) electrons. The number of sulfone groups is 1. The molecule has 0 N–H and O–H groups in total. The van der Waals surface area contributed by atoms with Gasteiger partial charge in [-0.25, -0.2) is 12.8 Å². The summed E-state index contributed by atoms with van der Waals surface area (Å²) in [6.45, 7) is 2.16. The lowest BCUT2D eigenvalue weighted by molar-refractivity contribution is -0.119. The average Bonchev–Trinajstić information content (AvgIpc) is 2.78. The molecule has 1 aliphatic rings. The lowest BCUT2D eigenvalue weighted by atomic mass is 10.0. The zero-order chi connectivity index (χ0) is 25.2. The fraction of sp³-hybridized carbons (Fsp3) is 0.231. The fourth-order valence-corrected chi connectivity index (χ4v) is 5.97. The average molecular weight is 560 g/mol. The molecule has 0 bridgehead atoms. The smallest absolute Gasteiger partial charge is 0.253 e. The topological polar surface area (TPSA) is 80.8 Å². The van der Waals surface area contributed by atoms with E-state index in [2.05, 4.69) is 15.9 Å². The summed E-state index contributed by atoms with van der Waals surface area (Å²) in [5, 5.41) is 0. The lowest BCUT2D eigenvalue weighted by Crippen LogP contribution is -2.42. The number of likely N-dealkylation sites (tertiary alicyclic amines) is 1. The third-order valence-electron chi connectivity index (χ3n) is 5.65. The van der Waals surface area contributed by atoms with Gasteiger partial charge < -0.3 is 9.64 Å². The molecule has 182 valence electrons. The number of rotatable bonds is 8.